The van der Waals surface area contributed by atoms with Gasteiger partial charge in [-0.2, -0.15) is 0 Å². The minimum absolute atomic E-state index is 0.0135. The molecule has 1 atom stereocenters. The van der Waals surface area contributed by atoms with Crippen LogP contribution in [0.25, 0.3) is 0 Å². The third kappa shape index (κ3) is 4.18. The van der Waals surface area contributed by atoms with Gasteiger partial charge in [0.1, 0.15) is 12.6 Å². The van der Waals surface area contributed by atoms with E-state index in [1.165, 1.54) is 12.0 Å². The molecule has 2 aromatic rings. The van der Waals surface area contributed by atoms with Crippen LogP contribution in [-0.4, -0.2) is 29.3 Å². The predicted molar refractivity (Wildman–Crippen MR) is 123 cm³/mol. The first-order valence-electron chi connectivity index (χ1n) is 10.9. The molecule has 1 aliphatic carbocycles. The summed E-state index contributed by atoms with van der Waals surface area (Å²) in [6.07, 6.45) is 5.48. The molecular formula is C25H29BrN2O2. The van der Waals surface area contributed by atoms with Crippen molar-refractivity contribution < 1.29 is 9.59 Å². The van der Waals surface area contributed by atoms with Crippen molar-refractivity contribution in [3.8, 4) is 0 Å². The molecule has 1 heterocycles. The number of anilines is 1. The molecule has 2 aliphatic rings. The fourth-order valence-corrected chi connectivity index (χ4v) is 4.93. The molecule has 1 saturated carbocycles. The summed E-state index contributed by atoms with van der Waals surface area (Å²) in [7, 11) is 0. The molecule has 1 unspecified atom stereocenters. The van der Waals surface area contributed by atoms with Gasteiger partial charge in [0.25, 0.3) is 5.91 Å². The van der Waals surface area contributed by atoms with Gasteiger partial charge in [-0.05, 0) is 54.2 Å². The summed E-state index contributed by atoms with van der Waals surface area (Å²) in [6.45, 7) is 4.48. The van der Waals surface area contributed by atoms with E-state index in [9.17, 15) is 9.59 Å². The first kappa shape index (κ1) is 21.1. The Morgan fingerprint density at radius 2 is 1.53 bits per heavy atom. The smallest absolute Gasteiger partial charge is 0.251 e. The van der Waals surface area contributed by atoms with E-state index in [4.69, 9.17) is 0 Å². The average molecular weight is 469 g/mol. The van der Waals surface area contributed by atoms with Gasteiger partial charge >= 0.3 is 0 Å². The second-order valence-electron chi connectivity index (χ2n) is 8.72. The van der Waals surface area contributed by atoms with E-state index in [-0.39, 0.29) is 24.4 Å². The van der Waals surface area contributed by atoms with Crippen molar-refractivity contribution in [3.05, 3.63) is 64.1 Å². The van der Waals surface area contributed by atoms with E-state index in [1.807, 2.05) is 41.3 Å². The Balaban J connectivity index is 1.73. The molecule has 0 radical (unpaired) electrons. The van der Waals surface area contributed by atoms with Crippen LogP contribution in [0.4, 0.5) is 5.69 Å². The number of hydrogen-bond donors (Lipinski definition) is 0. The molecule has 30 heavy (non-hydrogen) atoms. The maximum absolute atomic E-state index is 13.8. The summed E-state index contributed by atoms with van der Waals surface area (Å²) < 4.78 is 0.948. The summed E-state index contributed by atoms with van der Waals surface area (Å²) in [4.78, 5) is 30.7. The Labute approximate surface area is 187 Å². The molecule has 2 fully saturated rings. The highest BCUT2D eigenvalue weighted by molar-refractivity contribution is 9.10. The number of carbonyl (C=O) groups excluding carboxylic acids is 2. The van der Waals surface area contributed by atoms with Crippen molar-refractivity contribution in [2.45, 2.75) is 64.0 Å². The van der Waals surface area contributed by atoms with Crippen molar-refractivity contribution in [2.75, 3.05) is 11.4 Å². The SMILES string of the molecule is CC(C)c1ccc(C2C(=O)N(C3CCCCC3)CC(=O)N2c2ccc(Br)cc2)cc1. The number of benzene rings is 2. The fourth-order valence-electron chi connectivity index (χ4n) is 4.66. The third-order valence-electron chi connectivity index (χ3n) is 6.39. The Bertz CT molecular complexity index is 902. The number of carbonyl (C=O) groups is 2. The molecule has 4 nitrogen and oxygen atoms in total. The standard InChI is InChI=1S/C25H29BrN2O2/c1-17(2)18-8-10-19(11-9-18)24-25(30)27(21-6-4-3-5-7-21)16-23(29)28(24)22-14-12-20(26)13-15-22/h8-15,17,21,24H,3-7,16H2,1-2H3. The number of hydrogen-bond acceptors (Lipinski definition) is 2. The molecule has 0 N–H and O–H groups in total. The van der Waals surface area contributed by atoms with Gasteiger partial charge in [0.05, 0.1) is 0 Å². The summed E-state index contributed by atoms with van der Waals surface area (Å²) in [5.41, 5.74) is 2.87. The second-order valence-corrected chi connectivity index (χ2v) is 9.64. The molecular weight excluding hydrogens is 440 g/mol. The molecule has 4 rings (SSSR count). The molecule has 1 saturated heterocycles. The molecule has 2 amide bonds. The van der Waals surface area contributed by atoms with E-state index in [2.05, 4.69) is 41.9 Å². The van der Waals surface area contributed by atoms with Crippen LogP contribution in [0, 0.1) is 0 Å². The van der Waals surface area contributed by atoms with Crippen molar-refractivity contribution >= 4 is 33.4 Å². The minimum atomic E-state index is -0.615. The molecule has 0 spiro atoms. The van der Waals surface area contributed by atoms with Gasteiger partial charge in [-0.3, -0.25) is 14.5 Å². The molecule has 2 aromatic carbocycles. The normalized spacial score (nSPS) is 20.9. The van der Waals surface area contributed by atoms with Gasteiger partial charge in [0.2, 0.25) is 5.91 Å². The van der Waals surface area contributed by atoms with Gasteiger partial charge in [0.15, 0.2) is 0 Å². The van der Waals surface area contributed by atoms with Crippen LogP contribution in [0.15, 0.2) is 53.0 Å². The zero-order valence-corrected chi connectivity index (χ0v) is 19.3. The Morgan fingerprint density at radius 3 is 2.13 bits per heavy atom. The van der Waals surface area contributed by atoms with Crippen LogP contribution < -0.4 is 4.90 Å². The number of halogens is 1. The van der Waals surface area contributed by atoms with Gasteiger partial charge < -0.3 is 4.90 Å². The average Bonchev–Trinajstić information content (AvgIpc) is 2.76. The minimum Gasteiger partial charge on any atom is -0.328 e. The topological polar surface area (TPSA) is 40.6 Å². The lowest BCUT2D eigenvalue weighted by Crippen LogP contribution is -2.58. The van der Waals surface area contributed by atoms with Crippen LogP contribution in [0.3, 0.4) is 0 Å². The first-order chi connectivity index (χ1) is 14.5. The number of rotatable bonds is 4. The van der Waals surface area contributed by atoms with E-state index < -0.39 is 6.04 Å². The highest BCUT2D eigenvalue weighted by atomic mass is 79.9. The molecule has 1 aliphatic heterocycles. The Morgan fingerprint density at radius 1 is 0.900 bits per heavy atom. The molecule has 0 bridgehead atoms. The van der Waals surface area contributed by atoms with E-state index in [0.717, 1.165) is 41.4 Å². The van der Waals surface area contributed by atoms with E-state index >= 15 is 0 Å². The van der Waals surface area contributed by atoms with E-state index in [1.54, 1.807) is 4.90 Å². The van der Waals surface area contributed by atoms with Gasteiger partial charge in [-0.15, -0.1) is 0 Å². The lowest BCUT2D eigenvalue weighted by atomic mass is 9.91. The summed E-state index contributed by atoms with van der Waals surface area (Å²) >= 11 is 3.46. The van der Waals surface area contributed by atoms with Crippen LogP contribution in [0.5, 0.6) is 0 Å². The number of piperazine rings is 1. The highest BCUT2D eigenvalue weighted by Crippen LogP contribution is 2.36. The van der Waals surface area contributed by atoms with E-state index in [0.29, 0.717) is 5.92 Å². The second kappa shape index (κ2) is 8.93. The molecule has 158 valence electrons. The number of nitrogens with zero attached hydrogens (tertiary/aromatic N) is 2. The Hall–Kier alpha value is -2.14. The van der Waals surface area contributed by atoms with Crippen LogP contribution in [-0.2, 0) is 9.59 Å². The fraction of sp³-hybridized carbons (Fsp3) is 0.440. The summed E-state index contributed by atoms with van der Waals surface area (Å²) in [5.74, 6) is 0.450. The van der Waals surface area contributed by atoms with Crippen molar-refractivity contribution in [3.63, 3.8) is 0 Å². The van der Waals surface area contributed by atoms with Gasteiger partial charge in [-0.1, -0.05) is 73.3 Å². The summed E-state index contributed by atoms with van der Waals surface area (Å²) in [5, 5.41) is 0. The number of amides is 2. The summed E-state index contributed by atoms with van der Waals surface area (Å²) in [6, 6.07) is 15.4. The zero-order valence-electron chi connectivity index (χ0n) is 17.7. The van der Waals surface area contributed by atoms with Crippen molar-refractivity contribution in [1.29, 1.82) is 0 Å². The first-order valence-corrected chi connectivity index (χ1v) is 11.7. The maximum Gasteiger partial charge on any atom is 0.251 e. The molecule has 0 aromatic heterocycles. The highest BCUT2D eigenvalue weighted by Gasteiger charge is 2.43. The van der Waals surface area contributed by atoms with Crippen LogP contribution in [0.1, 0.15) is 69.0 Å². The monoisotopic (exact) mass is 468 g/mol. The van der Waals surface area contributed by atoms with Gasteiger partial charge in [-0.25, -0.2) is 0 Å². The molecule has 5 heteroatoms. The van der Waals surface area contributed by atoms with Crippen molar-refractivity contribution in [2.24, 2.45) is 0 Å². The van der Waals surface area contributed by atoms with Crippen molar-refractivity contribution in [1.82, 2.24) is 4.90 Å². The quantitative estimate of drug-likeness (QED) is 0.566. The third-order valence-corrected chi connectivity index (χ3v) is 6.92. The lowest BCUT2D eigenvalue weighted by molar-refractivity contribution is -0.144. The Kier molecular flexibility index (Phi) is 6.28. The largest absolute Gasteiger partial charge is 0.328 e. The maximum atomic E-state index is 13.8. The van der Waals surface area contributed by atoms with Gasteiger partial charge in [0, 0.05) is 16.2 Å². The predicted octanol–water partition coefficient (Wildman–Crippen LogP) is 5.82. The lowest BCUT2D eigenvalue weighted by Gasteiger charge is -2.44. The van der Waals surface area contributed by atoms with Crippen LogP contribution >= 0.6 is 15.9 Å². The van der Waals surface area contributed by atoms with Crippen LogP contribution in [0.2, 0.25) is 0 Å². The zero-order chi connectivity index (χ0) is 21.3.